The van der Waals surface area contributed by atoms with Crippen molar-refractivity contribution in [1.82, 2.24) is 14.3 Å². The van der Waals surface area contributed by atoms with Crippen LogP contribution < -0.4 is 11.2 Å². The lowest BCUT2D eigenvalue weighted by Gasteiger charge is -2.26. The van der Waals surface area contributed by atoms with Gasteiger partial charge in [-0.25, -0.2) is 13.2 Å². The number of hydrogen-bond acceptors (Lipinski definition) is 5. The Balaban J connectivity index is 2.30. The summed E-state index contributed by atoms with van der Waals surface area (Å²) in [6.45, 7) is 1.07. The van der Waals surface area contributed by atoms with Crippen LogP contribution in [0.1, 0.15) is 0 Å². The number of nitrogens with one attached hydrogen (secondary N) is 2. The van der Waals surface area contributed by atoms with E-state index in [-0.39, 0.29) is 28.9 Å². The number of ether oxygens (including phenoxy) is 1. The van der Waals surface area contributed by atoms with Crippen LogP contribution in [-0.4, -0.2) is 49.0 Å². The topological polar surface area (TPSA) is 112 Å². The molecule has 22 heavy (non-hydrogen) atoms. The third-order valence-corrected chi connectivity index (χ3v) is 5.75. The van der Waals surface area contributed by atoms with E-state index in [0.717, 1.165) is 0 Å². The number of aromatic nitrogens is 2. The number of H-pyrrole nitrogens is 2. The highest BCUT2D eigenvalue weighted by molar-refractivity contribution is 9.10. The van der Waals surface area contributed by atoms with Crippen LogP contribution in [0.2, 0.25) is 0 Å². The van der Waals surface area contributed by atoms with Gasteiger partial charge in [0.25, 0.3) is 5.56 Å². The largest absolute Gasteiger partial charge is 0.379 e. The summed E-state index contributed by atoms with van der Waals surface area (Å²) < 4.78 is 32.4. The van der Waals surface area contributed by atoms with Crippen LogP contribution in [-0.2, 0) is 14.8 Å². The number of fused-ring (bicyclic) bond motifs is 1. The summed E-state index contributed by atoms with van der Waals surface area (Å²) in [6.07, 6.45) is 0. The fourth-order valence-electron chi connectivity index (χ4n) is 2.33. The second-order valence-electron chi connectivity index (χ2n) is 4.75. The van der Waals surface area contributed by atoms with Gasteiger partial charge in [-0.2, -0.15) is 4.31 Å². The average molecular weight is 390 g/mol. The van der Waals surface area contributed by atoms with Gasteiger partial charge in [0.1, 0.15) is 4.90 Å². The zero-order chi connectivity index (χ0) is 15.9. The number of morpholine rings is 1. The van der Waals surface area contributed by atoms with Crippen LogP contribution >= 0.6 is 15.9 Å². The van der Waals surface area contributed by atoms with E-state index in [2.05, 4.69) is 25.9 Å². The molecule has 0 amide bonds. The molecule has 1 aromatic heterocycles. The van der Waals surface area contributed by atoms with E-state index in [0.29, 0.717) is 17.7 Å². The minimum Gasteiger partial charge on any atom is -0.379 e. The van der Waals surface area contributed by atoms with E-state index in [9.17, 15) is 18.0 Å². The first-order chi connectivity index (χ1) is 10.4. The summed E-state index contributed by atoms with van der Waals surface area (Å²) in [7, 11) is -3.84. The highest BCUT2D eigenvalue weighted by atomic mass is 79.9. The Morgan fingerprint density at radius 1 is 1.14 bits per heavy atom. The molecule has 3 rings (SSSR count). The summed E-state index contributed by atoms with van der Waals surface area (Å²) in [6, 6.07) is 2.84. The number of benzene rings is 1. The predicted octanol–water partition coefficient (Wildman–Crippen LogP) is -0.000200. The van der Waals surface area contributed by atoms with Gasteiger partial charge >= 0.3 is 5.69 Å². The molecule has 8 nitrogen and oxygen atoms in total. The molecule has 1 saturated heterocycles. The molecule has 10 heteroatoms. The van der Waals surface area contributed by atoms with Gasteiger partial charge in [0, 0.05) is 17.6 Å². The second-order valence-corrected chi connectivity index (χ2v) is 7.57. The fraction of sp³-hybridized carbons (Fsp3) is 0.333. The normalized spacial score (nSPS) is 17.0. The molecule has 118 valence electrons. The molecule has 0 atom stereocenters. The lowest BCUT2D eigenvalue weighted by molar-refractivity contribution is 0.0730. The smallest absolute Gasteiger partial charge is 0.326 e. The Bertz CT molecular complexity index is 943. The lowest BCUT2D eigenvalue weighted by Crippen LogP contribution is -2.41. The van der Waals surface area contributed by atoms with Gasteiger partial charge in [0.05, 0.1) is 24.1 Å². The SMILES string of the molecule is O=c1[nH]c(=O)c2cc(Br)cc(S(=O)(=O)N3CCOCC3)c2[nH]1. The lowest BCUT2D eigenvalue weighted by atomic mass is 10.2. The van der Waals surface area contributed by atoms with Crippen LogP contribution in [0.5, 0.6) is 0 Å². The first kappa shape index (κ1) is 15.4. The first-order valence-corrected chi connectivity index (χ1v) is 8.66. The molecule has 0 spiro atoms. The Labute approximate surface area is 133 Å². The third-order valence-electron chi connectivity index (χ3n) is 3.37. The quantitative estimate of drug-likeness (QED) is 0.750. The molecule has 0 radical (unpaired) electrons. The number of aromatic amines is 2. The summed E-state index contributed by atoms with van der Waals surface area (Å²) in [4.78, 5) is 27.8. The van der Waals surface area contributed by atoms with Gasteiger partial charge in [-0.05, 0) is 12.1 Å². The Kier molecular flexibility index (Phi) is 3.93. The van der Waals surface area contributed by atoms with E-state index < -0.39 is 21.3 Å². The molecule has 0 aliphatic carbocycles. The standard InChI is InChI=1S/C12H12BrN3O5S/c13-7-5-8-10(14-12(18)15-11(8)17)9(6-7)22(19,20)16-1-3-21-4-2-16/h5-6H,1-4H2,(H2,14,15,17,18). The van der Waals surface area contributed by atoms with Gasteiger partial charge in [-0.3, -0.25) is 9.78 Å². The summed E-state index contributed by atoms with van der Waals surface area (Å²) in [5.41, 5.74) is -1.39. The summed E-state index contributed by atoms with van der Waals surface area (Å²) in [5, 5.41) is 0.0980. The minimum absolute atomic E-state index is 0.00319. The van der Waals surface area contributed by atoms with Crippen molar-refractivity contribution in [3.05, 3.63) is 37.4 Å². The molecule has 0 bridgehead atoms. The van der Waals surface area contributed by atoms with Crippen LogP contribution in [0.25, 0.3) is 10.9 Å². The van der Waals surface area contributed by atoms with Crippen molar-refractivity contribution in [2.75, 3.05) is 26.3 Å². The van der Waals surface area contributed by atoms with E-state index in [1.165, 1.54) is 16.4 Å². The van der Waals surface area contributed by atoms with E-state index >= 15 is 0 Å². The van der Waals surface area contributed by atoms with Crippen molar-refractivity contribution in [3.8, 4) is 0 Å². The zero-order valence-corrected chi connectivity index (χ0v) is 13.7. The van der Waals surface area contributed by atoms with Gasteiger partial charge in [0.15, 0.2) is 0 Å². The second kappa shape index (κ2) is 5.61. The zero-order valence-electron chi connectivity index (χ0n) is 11.3. The molecule has 1 aliphatic rings. The van der Waals surface area contributed by atoms with Crippen molar-refractivity contribution < 1.29 is 13.2 Å². The monoisotopic (exact) mass is 389 g/mol. The van der Waals surface area contributed by atoms with E-state index in [1.807, 2.05) is 0 Å². The van der Waals surface area contributed by atoms with Crippen molar-refractivity contribution in [2.24, 2.45) is 0 Å². The maximum atomic E-state index is 12.8. The van der Waals surface area contributed by atoms with Crippen molar-refractivity contribution in [3.63, 3.8) is 0 Å². The van der Waals surface area contributed by atoms with Crippen LogP contribution in [0.4, 0.5) is 0 Å². The number of rotatable bonds is 2. The summed E-state index contributed by atoms with van der Waals surface area (Å²) in [5.74, 6) is 0. The van der Waals surface area contributed by atoms with E-state index in [4.69, 9.17) is 4.74 Å². The van der Waals surface area contributed by atoms with Gasteiger partial charge in [0.2, 0.25) is 10.0 Å². The van der Waals surface area contributed by atoms with Gasteiger partial charge in [-0.1, -0.05) is 15.9 Å². The van der Waals surface area contributed by atoms with Gasteiger partial charge in [-0.15, -0.1) is 0 Å². The van der Waals surface area contributed by atoms with Crippen LogP contribution in [0.15, 0.2) is 31.1 Å². The molecule has 1 fully saturated rings. The Morgan fingerprint density at radius 2 is 1.82 bits per heavy atom. The van der Waals surface area contributed by atoms with Crippen molar-refractivity contribution in [1.29, 1.82) is 0 Å². The molecular formula is C12H12BrN3O5S. The molecule has 2 N–H and O–H groups in total. The number of nitrogens with zero attached hydrogens (tertiary/aromatic N) is 1. The first-order valence-electron chi connectivity index (χ1n) is 6.43. The molecular weight excluding hydrogens is 378 g/mol. The van der Waals surface area contributed by atoms with Gasteiger partial charge < -0.3 is 9.72 Å². The predicted molar refractivity (Wildman–Crippen MR) is 82.5 cm³/mol. The Morgan fingerprint density at radius 3 is 2.50 bits per heavy atom. The molecule has 1 aromatic carbocycles. The molecule has 2 heterocycles. The van der Waals surface area contributed by atoms with Crippen molar-refractivity contribution >= 4 is 36.9 Å². The van der Waals surface area contributed by atoms with Crippen LogP contribution in [0.3, 0.4) is 0 Å². The summed E-state index contributed by atoms with van der Waals surface area (Å²) >= 11 is 3.20. The van der Waals surface area contributed by atoms with Crippen LogP contribution in [0, 0.1) is 0 Å². The number of halogens is 1. The molecule has 2 aromatic rings. The van der Waals surface area contributed by atoms with Crippen molar-refractivity contribution in [2.45, 2.75) is 4.90 Å². The highest BCUT2D eigenvalue weighted by Crippen LogP contribution is 2.26. The Hall–Kier alpha value is -1.49. The number of hydrogen-bond donors (Lipinski definition) is 2. The fourth-order valence-corrected chi connectivity index (χ4v) is 4.55. The maximum absolute atomic E-state index is 12.8. The molecule has 0 saturated carbocycles. The average Bonchev–Trinajstić information content (AvgIpc) is 2.48. The number of sulfonamides is 1. The maximum Gasteiger partial charge on any atom is 0.326 e. The molecule has 0 unspecified atom stereocenters. The highest BCUT2D eigenvalue weighted by Gasteiger charge is 2.29. The minimum atomic E-state index is -3.84. The third kappa shape index (κ3) is 2.62. The van der Waals surface area contributed by atoms with E-state index in [1.54, 1.807) is 0 Å². The molecule has 1 aliphatic heterocycles.